The van der Waals surface area contributed by atoms with Crippen LogP contribution in [-0.4, -0.2) is 64.9 Å². The number of hydrogen-bond donors (Lipinski definition) is 2. The molecule has 4 amide bonds. The molecule has 2 N–H and O–H groups in total. The zero-order valence-electron chi connectivity index (χ0n) is 13.4. The number of rotatable bonds is 5. The maximum absolute atomic E-state index is 12.3. The Kier molecular flexibility index (Phi) is 5.05. The van der Waals surface area contributed by atoms with E-state index in [9.17, 15) is 14.4 Å². The van der Waals surface area contributed by atoms with Crippen molar-refractivity contribution in [3.63, 3.8) is 0 Å². The summed E-state index contributed by atoms with van der Waals surface area (Å²) in [6.07, 6.45) is 4.22. The van der Waals surface area contributed by atoms with E-state index in [1.165, 1.54) is 5.56 Å². The Hall–Kier alpha value is -2.48. The van der Waals surface area contributed by atoms with Crippen molar-refractivity contribution in [2.45, 2.75) is 25.4 Å². The van der Waals surface area contributed by atoms with Crippen LogP contribution in [0.15, 0.2) is 24.5 Å². The molecule has 3 rings (SSSR count). The van der Waals surface area contributed by atoms with Gasteiger partial charge in [-0.3, -0.25) is 24.8 Å². The molecule has 0 aromatic carbocycles. The summed E-state index contributed by atoms with van der Waals surface area (Å²) >= 11 is 0. The van der Waals surface area contributed by atoms with Crippen molar-refractivity contribution in [1.29, 1.82) is 0 Å². The zero-order chi connectivity index (χ0) is 16.9. The lowest BCUT2D eigenvalue weighted by atomic mass is 10.1. The first kappa shape index (κ1) is 16.4. The highest BCUT2D eigenvalue weighted by atomic mass is 16.2. The third-order valence-corrected chi connectivity index (χ3v) is 4.36. The maximum atomic E-state index is 12.3. The van der Waals surface area contributed by atoms with Crippen LogP contribution in [0.25, 0.3) is 0 Å². The van der Waals surface area contributed by atoms with Crippen molar-refractivity contribution in [3.8, 4) is 0 Å². The Labute approximate surface area is 140 Å². The third-order valence-electron chi connectivity index (χ3n) is 4.36. The molecule has 0 aliphatic carbocycles. The summed E-state index contributed by atoms with van der Waals surface area (Å²) in [5.74, 6) is -0.320. The minimum Gasteiger partial charge on any atom is -0.340 e. The maximum Gasteiger partial charge on any atom is 0.322 e. The number of carbonyl (C=O) groups excluding carboxylic acids is 3. The van der Waals surface area contributed by atoms with Gasteiger partial charge in [0, 0.05) is 51.5 Å². The number of nitrogens with one attached hydrogen (secondary N) is 2. The van der Waals surface area contributed by atoms with Crippen molar-refractivity contribution in [2.24, 2.45) is 0 Å². The summed E-state index contributed by atoms with van der Waals surface area (Å²) in [6, 6.07) is 2.90. The van der Waals surface area contributed by atoms with Crippen LogP contribution in [0.2, 0.25) is 0 Å². The molecule has 0 saturated carbocycles. The van der Waals surface area contributed by atoms with E-state index in [1.54, 1.807) is 6.20 Å². The molecule has 1 aromatic rings. The molecule has 2 aliphatic rings. The Morgan fingerprint density at radius 3 is 2.67 bits per heavy atom. The molecule has 24 heavy (non-hydrogen) atoms. The number of aromatic nitrogens is 1. The first-order valence-electron chi connectivity index (χ1n) is 8.12. The smallest absolute Gasteiger partial charge is 0.322 e. The van der Waals surface area contributed by atoms with Crippen LogP contribution < -0.4 is 10.6 Å². The summed E-state index contributed by atoms with van der Waals surface area (Å²) < 4.78 is 0. The topological polar surface area (TPSA) is 94.6 Å². The zero-order valence-corrected chi connectivity index (χ0v) is 13.4. The van der Waals surface area contributed by atoms with Crippen molar-refractivity contribution in [1.82, 2.24) is 25.4 Å². The van der Waals surface area contributed by atoms with Gasteiger partial charge in [0.1, 0.15) is 6.04 Å². The van der Waals surface area contributed by atoms with Crippen LogP contribution in [0.1, 0.15) is 18.4 Å². The number of pyridine rings is 1. The lowest BCUT2D eigenvalue weighted by Gasteiger charge is -2.34. The molecule has 0 unspecified atom stereocenters. The molecule has 8 heteroatoms. The van der Waals surface area contributed by atoms with Crippen molar-refractivity contribution < 1.29 is 14.4 Å². The van der Waals surface area contributed by atoms with Crippen LogP contribution in [0, 0.1) is 0 Å². The number of amides is 4. The number of carbonyl (C=O) groups is 3. The molecular formula is C16H21N5O3. The van der Waals surface area contributed by atoms with Crippen LogP contribution in [0.4, 0.5) is 4.79 Å². The highest BCUT2D eigenvalue weighted by Gasteiger charge is 2.30. The number of imide groups is 1. The number of piperazine rings is 1. The van der Waals surface area contributed by atoms with Crippen molar-refractivity contribution in [2.75, 3.05) is 26.2 Å². The van der Waals surface area contributed by atoms with E-state index in [-0.39, 0.29) is 18.2 Å². The molecule has 8 nitrogen and oxygen atoms in total. The van der Waals surface area contributed by atoms with E-state index in [0.29, 0.717) is 19.5 Å². The van der Waals surface area contributed by atoms with E-state index in [2.05, 4.69) is 20.5 Å². The molecule has 0 spiro atoms. The fourth-order valence-electron chi connectivity index (χ4n) is 2.99. The van der Waals surface area contributed by atoms with Crippen molar-refractivity contribution >= 4 is 17.8 Å². The number of hydrogen-bond acceptors (Lipinski definition) is 5. The summed E-state index contributed by atoms with van der Waals surface area (Å²) in [5, 5.41) is 4.69. The van der Waals surface area contributed by atoms with Gasteiger partial charge in [0.25, 0.3) is 5.91 Å². The van der Waals surface area contributed by atoms with Gasteiger partial charge in [-0.05, 0) is 18.1 Å². The van der Waals surface area contributed by atoms with Crippen LogP contribution >= 0.6 is 0 Å². The molecule has 3 heterocycles. The molecule has 2 fully saturated rings. The molecule has 0 radical (unpaired) electrons. The quantitative estimate of drug-likeness (QED) is 0.723. The lowest BCUT2D eigenvalue weighted by molar-refractivity contribution is -0.133. The van der Waals surface area contributed by atoms with Crippen LogP contribution in [-0.2, 0) is 16.1 Å². The Bertz CT molecular complexity index is 613. The first-order valence-corrected chi connectivity index (χ1v) is 8.12. The Balaban J connectivity index is 1.40. The first-order chi connectivity index (χ1) is 11.6. The van der Waals surface area contributed by atoms with Gasteiger partial charge >= 0.3 is 6.03 Å². The lowest BCUT2D eigenvalue weighted by Crippen LogP contribution is -2.48. The molecule has 128 valence electrons. The Morgan fingerprint density at radius 1 is 1.25 bits per heavy atom. The highest BCUT2D eigenvalue weighted by Crippen LogP contribution is 2.10. The number of nitrogens with zero attached hydrogens (tertiary/aromatic N) is 3. The summed E-state index contributed by atoms with van der Waals surface area (Å²) in [7, 11) is 0. The van der Waals surface area contributed by atoms with E-state index >= 15 is 0 Å². The van der Waals surface area contributed by atoms with E-state index in [1.807, 2.05) is 23.2 Å². The highest BCUT2D eigenvalue weighted by molar-refractivity contribution is 6.04. The molecule has 1 aromatic heterocycles. The van der Waals surface area contributed by atoms with Crippen LogP contribution in [0.5, 0.6) is 0 Å². The van der Waals surface area contributed by atoms with E-state index in [4.69, 9.17) is 0 Å². The summed E-state index contributed by atoms with van der Waals surface area (Å²) in [6.45, 7) is 3.84. The number of urea groups is 1. The van der Waals surface area contributed by atoms with E-state index in [0.717, 1.165) is 19.6 Å². The second-order valence-electron chi connectivity index (χ2n) is 6.07. The van der Waals surface area contributed by atoms with Gasteiger partial charge in [0.05, 0.1) is 0 Å². The van der Waals surface area contributed by atoms with Crippen LogP contribution in [0.3, 0.4) is 0 Å². The normalized spacial score (nSPS) is 21.5. The van der Waals surface area contributed by atoms with Gasteiger partial charge in [-0.1, -0.05) is 6.07 Å². The van der Waals surface area contributed by atoms with Gasteiger partial charge in [0.2, 0.25) is 5.91 Å². The average molecular weight is 331 g/mol. The predicted octanol–water partition coefficient (Wildman–Crippen LogP) is -0.286. The second kappa shape index (κ2) is 7.39. The average Bonchev–Trinajstić information content (AvgIpc) is 2.92. The molecule has 0 bridgehead atoms. The van der Waals surface area contributed by atoms with E-state index < -0.39 is 12.1 Å². The van der Waals surface area contributed by atoms with Gasteiger partial charge in [-0.25, -0.2) is 4.79 Å². The monoisotopic (exact) mass is 331 g/mol. The minimum atomic E-state index is -0.590. The van der Waals surface area contributed by atoms with Gasteiger partial charge < -0.3 is 10.2 Å². The standard InChI is InChI=1S/C16H21N5O3/c22-14(4-3-13-15(23)19-16(24)18-13)21-8-6-20(7-9-21)11-12-2-1-5-17-10-12/h1-2,5,10,13H,3-4,6-9,11H2,(H2,18,19,23,24)/t13-/m0/s1. The predicted molar refractivity (Wildman–Crippen MR) is 85.8 cm³/mol. The molecule has 2 saturated heterocycles. The largest absolute Gasteiger partial charge is 0.340 e. The molecule has 2 aliphatic heterocycles. The van der Waals surface area contributed by atoms with Gasteiger partial charge in [-0.15, -0.1) is 0 Å². The fraction of sp³-hybridized carbons (Fsp3) is 0.500. The summed E-state index contributed by atoms with van der Waals surface area (Å²) in [4.78, 5) is 43.0. The van der Waals surface area contributed by atoms with Gasteiger partial charge in [-0.2, -0.15) is 0 Å². The Morgan fingerprint density at radius 2 is 2.04 bits per heavy atom. The fourth-order valence-corrected chi connectivity index (χ4v) is 2.99. The molecular weight excluding hydrogens is 310 g/mol. The minimum absolute atomic E-state index is 0.0324. The summed E-state index contributed by atoms with van der Waals surface area (Å²) in [5.41, 5.74) is 1.17. The molecule has 1 atom stereocenters. The third kappa shape index (κ3) is 4.08. The SMILES string of the molecule is O=C1NC(=O)[C@H](CCC(=O)N2CCN(Cc3cccnc3)CC2)N1. The second-order valence-corrected chi connectivity index (χ2v) is 6.07. The van der Waals surface area contributed by atoms with Crippen molar-refractivity contribution in [3.05, 3.63) is 30.1 Å². The van der Waals surface area contributed by atoms with Gasteiger partial charge in [0.15, 0.2) is 0 Å².